The smallest absolute Gasteiger partial charge is 0.251 e. The zero-order valence-electron chi connectivity index (χ0n) is 19.7. The van der Waals surface area contributed by atoms with Crippen molar-refractivity contribution in [3.8, 4) is 0 Å². The van der Waals surface area contributed by atoms with Crippen LogP contribution in [0, 0.1) is 5.92 Å². The summed E-state index contributed by atoms with van der Waals surface area (Å²) in [6.07, 6.45) is 8.23. The van der Waals surface area contributed by atoms with Crippen molar-refractivity contribution in [2.24, 2.45) is 5.92 Å². The first-order valence-electron chi connectivity index (χ1n) is 12.2. The van der Waals surface area contributed by atoms with Crippen molar-refractivity contribution in [3.63, 3.8) is 0 Å². The van der Waals surface area contributed by atoms with Crippen molar-refractivity contribution in [1.82, 2.24) is 20.6 Å². The first-order chi connectivity index (χ1) is 16.6. The quantitative estimate of drug-likeness (QED) is 0.335. The monoisotopic (exact) mass is 466 g/mol. The minimum atomic E-state index is -0.155. The van der Waals surface area contributed by atoms with Crippen LogP contribution in [0.1, 0.15) is 60.4 Å². The molecule has 0 atom stereocenters. The van der Waals surface area contributed by atoms with Crippen molar-refractivity contribution < 1.29 is 14.3 Å². The highest BCUT2D eigenvalue weighted by molar-refractivity contribution is 5.95. The van der Waals surface area contributed by atoms with Crippen LogP contribution in [0.2, 0.25) is 0 Å². The summed E-state index contributed by atoms with van der Waals surface area (Å²) in [4.78, 5) is 33.5. The van der Waals surface area contributed by atoms with Gasteiger partial charge < -0.3 is 26.0 Å². The fraction of sp³-hybridized carbons (Fsp3) is 0.520. The Balaban J connectivity index is 1.33. The molecule has 9 nitrogen and oxygen atoms in total. The molecular formula is C25H34N6O3. The van der Waals surface area contributed by atoms with Crippen molar-refractivity contribution >= 4 is 29.3 Å². The van der Waals surface area contributed by atoms with Crippen LogP contribution < -0.4 is 21.3 Å². The number of carbonyl (C=O) groups excluding carboxylic acids is 2. The number of nitrogens with zero attached hydrogens (tertiary/aromatic N) is 2. The van der Waals surface area contributed by atoms with E-state index in [1.54, 1.807) is 19.2 Å². The number of ether oxygens (including phenoxy) is 1. The highest BCUT2D eigenvalue weighted by Gasteiger charge is 2.28. The summed E-state index contributed by atoms with van der Waals surface area (Å²) >= 11 is 0. The molecule has 0 radical (unpaired) electrons. The van der Waals surface area contributed by atoms with Crippen LogP contribution in [0.15, 0.2) is 30.5 Å². The molecule has 0 spiro atoms. The first-order valence-corrected chi connectivity index (χ1v) is 12.2. The van der Waals surface area contributed by atoms with Gasteiger partial charge in [0, 0.05) is 55.7 Å². The van der Waals surface area contributed by atoms with E-state index in [-0.39, 0.29) is 17.7 Å². The van der Waals surface area contributed by atoms with Gasteiger partial charge in [-0.15, -0.1) is 0 Å². The number of hydrogen-bond acceptors (Lipinski definition) is 7. The van der Waals surface area contributed by atoms with Crippen molar-refractivity contribution in [3.05, 3.63) is 41.6 Å². The SMILES string of the molecule is COCCNC(=O)c1cccc(Nc2ncc(C3CC3)c(NCCCNC(=O)C3CCC3)n2)c1. The van der Waals surface area contributed by atoms with E-state index in [4.69, 9.17) is 9.72 Å². The fourth-order valence-electron chi connectivity index (χ4n) is 3.84. The first kappa shape index (κ1) is 23.9. The van der Waals surface area contributed by atoms with Crippen molar-refractivity contribution in [1.29, 1.82) is 0 Å². The Labute approximate surface area is 200 Å². The van der Waals surface area contributed by atoms with Gasteiger partial charge in [-0.25, -0.2) is 4.98 Å². The van der Waals surface area contributed by atoms with E-state index >= 15 is 0 Å². The summed E-state index contributed by atoms with van der Waals surface area (Å²) in [7, 11) is 1.60. The number of rotatable bonds is 13. The standard InChI is InChI=1S/C25H34N6O3/c1-34-14-13-28-24(33)19-7-3-8-20(15-19)30-25-29-16-21(17-9-10-17)22(31-25)26-11-4-12-27-23(32)18-5-2-6-18/h3,7-8,15-18H,2,4-6,9-14H2,1H3,(H,27,32)(H,28,33)(H2,26,29,30,31). The molecule has 1 aromatic heterocycles. The maximum Gasteiger partial charge on any atom is 0.251 e. The zero-order chi connectivity index (χ0) is 23.8. The van der Waals surface area contributed by atoms with E-state index < -0.39 is 0 Å². The van der Waals surface area contributed by atoms with Gasteiger partial charge in [0.2, 0.25) is 11.9 Å². The molecule has 0 unspecified atom stereocenters. The summed E-state index contributed by atoms with van der Waals surface area (Å²) in [5.41, 5.74) is 2.43. The van der Waals surface area contributed by atoms with Gasteiger partial charge in [-0.05, 0) is 56.2 Å². The van der Waals surface area contributed by atoms with Gasteiger partial charge in [0.15, 0.2) is 0 Å². The predicted octanol–water partition coefficient (Wildman–Crippen LogP) is 3.19. The largest absolute Gasteiger partial charge is 0.383 e. The number of benzene rings is 1. The number of nitrogens with one attached hydrogen (secondary N) is 4. The molecule has 4 N–H and O–H groups in total. The van der Waals surface area contributed by atoms with Gasteiger partial charge in [-0.3, -0.25) is 9.59 Å². The second kappa shape index (κ2) is 11.8. The van der Waals surface area contributed by atoms with E-state index in [9.17, 15) is 9.59 Å². The molecule has 2 aromatic rings. The molecule has 9 heteroatoms. The Morgan fingerprint density at radius 3 is 2.68 bits per heavy atom. The molecule has 2 saturated carbocycles. The molecule has 0 bridgehead atoms. The van der Waals surface area contributed by atoms with Crippen LogP contribution in [0.25, 0.3) is 0 Å². The molecule has 4 rings (SSSR count). The van der Waals surface area contributed by atoms with Gasteiger partial charge >= 0.3 is 0 Å². The number of aromatic nitrogens is 2. The number of hydrogen-bond donors (Lipinski definition) is 4. The second-order valence-corrected chi connectivity index (χ2v) is 8.93. The Morgan fingerprint density at radius 1 is 1.09 bits per heavy atom. The Morgan fingerprint density at radius 2 is 1.94 bits per heavy atom. The van der Waals surface area contributed by atoms with Gasteiger partial charge in [0.05, 0.1) is 6.61 Å². The molecule has 1 heterocycles. The lowest BCUT2D eigenvalue weighted by molar-refractivity contribution is -0.127. The Kier molecular flexibility index (Phi) is 8.30. The lowest BCUT2D eigenvalue weighted by atomic mass is 9.85. The molecule has 0 saturated heterocycles. The second-order valence-electron chi connectivity index (χ2n) is 8.93. The van der Waals surface area contributed by atoms with Crippen LogP contribution in [0.5, 0.6) is 0 Å². The molecule has 2 aliphatic carbocycles. The fourth-order valence-corrected chi connectivity index (χ4v) is 3.84. The van der Waals surface area contributed by atoms with Gasteiger partial charge in [-0.1, -0.05) is 12.5 Å². The Bertz CT molecular complexity index is 990. The molecule has 34 heavy (non-hydrogen) atoms. The number of carbonyl (C=O) groups is 2. The van der Waals surface area contributed by atoms with Crippen LogP contribution in [0.3, 0.4) is 0 Å². The van der Waals surface area contributed by atoms with Crippen LogP contribution in [0.4, 0.5) is 17.5 Å². The summed E-state index contributed by atoms with van der Waals surface area (Å²) in [6.45, 7) is 2.31. The van der Waals surface area contributed by atoms with E-state index in [1.807, 2.05) is 18.3 Å². The normalized spacial score (nSPS) is 15.3. The highest BCUT2D eigenvalue weighted by atomic mass is 16.5. The topological polar surface area (TPSA) is 117 Å². The number of anilines is 3. The van der Waals surface area contributed by atoms with Gasteiger partial charge in [0.1, 0.15) is 5.82 Å². The summed E-state index contributed by atoms with van der Waals surface area (Å²) in [5.74, 6) is 2.07. The number of amides is 2. The molecule has 182 valence electrons. The average molecular weight is 467 g/mol. The van der Waals surface area contributed by atoms with Gasteiger partial charge in [-0.2, -0.15) is 4.98 Å². The summed E-state index contributed by atoms with van der Waals surface area (Å²) < 4.78 is 4.97. The van der Waals surface area contributed by atoms with Crippen LogP contribution >= 0.6 is 0 Å². The van der Waals surface area contributed by atoms with E-state index in [2.05, 4.69) is 26.3 Å². The summed E-state index contributed by atoms with van der Waals surface area (Å²) in [5, 5.41) is 12.5. The van der Waals surface area contributed by atoms with Crippen LogP contribution in [-0.2, 0) is 9.53 Å². The van der Waals surface area contributed by atoms with E-state index in [0.717, 1.165) is 55.7 Å². The predicted molar refractivity (Wildman–Crippen MR) is 131 cm³/mol. The maximum absolute atomic E-state index is 12.3. The molecule has 2 aliphatic rings. The van der Waals surface area contributed by atoms with Gasteiger partial charge in [0.25, 0.3) is 5.91 Å². The molecule has 2 amide bonds. The zero-order valence-corrected chi connectivity index (χ0v) is 19.7. The third-order valence-corrected chi connectivity index (χ3v) is 6.23. The third kappa shape index (κ3) is 6.66. The molecule has 0 aliphatic heterocycles. The van der Waals surface area contributed by atoms with Crippen molar-refractivity contribution in [2.45, 2.75) is 44.4 Å². The lowest BCUT2D eigenvalue weighted by Gasteiger charge is -2.24. The molecule has 2 fully saturated rings. The van der Waals surface area contributed by atoms with Crippen LogP contribution in [-0.4, -0.2) is 55.1 Å². The average Bonchev–Trinajstić information content (AvgIpc) is 3.63. The molecule has 1 aromatic carbocycles. The van der Waals surface area contributed by atoms with E-state index in [0.29, 0.717) is 37.1 Å². The van der Waals surface area contributed by atoms with Crippen molar-refractivity contribution in [2.75, 3.05) is 44.0 Å². The minimum absolute atomic E-state index is 0.155. The summed E-state index contributed by atoms with van der Waals surface area (Å²) in [6, 6.07) is 7.24. The minimum Gasteiger partial charge on any atom is -0.383 e. The molecular weight excluding hydrogens is 432 g/mol. The number of methoxy groups -OCH3 is 1. The third-order valence-electron chi connectivity index (χ3n) is 6.23. The lowest BCUT2D eigenvalue weighted by Crippen LogP contribution is -2.35. The highest BCUT2D eigenvalue weighted by Crippen LogP contribution is 2.42. The maximum atomic E-state index is 12.3. The van der Waals surface area contributed by atoms with E-state index in [1.165, 1.54) is 6.42 Å². The Hall–Kier alpha value is -3.20.